The first-order valence-corrected chi connectivity index (χ1v) is 10.9. The number of hydrogen-bond donors (Lipinski definition) is 1. The molecule has 0 aliphatic carbocycles. The third-order valence-corrected chi connectivity index (χ3v) is 6.18. The molecule has 7 heteroatoms. The molecule has 1 saturated heterocycles. The number of carbonyl (C=O) groups excluding carboxylic acids is 1. The zero-order valence-electron chi connectivity index (χ0n) is 17.8. The van der Waals surface area contributed by atoms with Crippen LogP contribution in [0.4, 0.5) is 0 Å². The number of hydrogen-bond acceptors (Lipinski definition) is 4. The highest BCUT2D eigenvalue weighted by Crippen LogP contribution is 2.23. The van der Waals surface area contributed by atoms with Crippen molar-refractivity contribution in [3.8, 4) is 5.69 Å². The minimum absolute atomic E-state index is 0.0960. The standard InChI is InChI=1S/C24H27ClN4O2/c1-17-23(25)18(2)29(27-17)21-10-8-20(9-11-21)24(30)26-22(19-6-4-3-5-7-19)16-28-12-14-31-15-13-28/h3-11,22H,12-16H2,1-2H3,(H,26,30). The van der Waals surface area contributed by atoms with E-state index in [2.05, 4.69) is 27.4 Å². The molecule has 1 N–H and O–H groups in total. The molecule has 0 radical (unpaired) electrons. The summed E-state index contributed by atoms with van der Waals surface area (Å²) in [6.45, 7) is 7.77. The average molecular weight is 439 g/mol. The number of nitrogens with one attached hydrogen (secondary N) is 1. The Hall–Kier alpha value is -2.67. The number of benzene rings is 2. The molecule has 1 amide bonds. The quantitative estimate of drug-likeness (QED) is 0.633. The van der Waals surface area contributed by atoms with E-state index in [0.29, 0.717) is 10.6 Å². The largest absolute Gasteiger partial charge is 0.379 e. The van der Waals surface area contributed by atoms with Gasteiger partial charge in [0.05, 0.1) is 41.4 Å². The zero-order chi connectivity index (χ0) is 21.8. The van der Waals surface area contributed by atoms with Gasteiger partial charge in [-0.15, -0.1) is 0 Å². The van der Waals surface area contributed by atoms with E-state index in [1.165, 1.54) is 0 Å². The molecule has 0 spiro atoms. The first kappa shape index (κ1) is 21.6. The summed E-state index contributed by atoms with van der Waals surface area (Å²) in [6, 6.07) is 17.4. The number of ether oxygens (including phenoxy) is 1. The van der Waals surface area contributed by atoms with Gasteiger partial charge in [-0.05, 0) is 43.7 Å². The molecule has 1 aliphatic rings. The fourth-order valence-electron chi connectivity index (χ4n) is 3.83. The average Bonchev–Trinajstić information content (AvgIpc) is 3.07. The van der Waals surface area contributed by atoms with Gasteiger partial charge in [-0.25, -0.2) is 4.68 Å². The lowest BCUT2D eigenvalue weighted by Crippen LogP contribution is -2.43. The number of aryl methyl sites for hydroxylation is 1. The Morgan fingerprint density at radius 2 is 1.77 bits per heavy atom. The van der Waals surface area contributed by atoms with E-state index in [1.807, 2.05) is 56.3 Å². The predicted molar refractivity (Wildman–Crippen MR) is 122 cm³/mol. The zero-order valence-corrected chi connectivity index (χ0v) is 18.6. The molecule has 31 heavy (non-hydrogen) atoms. The van der Waals surface area contributed by atoms with Crippen LogP contribution < -0.4 is 5.32 Å². The third-order valence-electron chi connectivity index (χ3n) is 5.63. The fraction of sp³-hybridized carbons (Fsp3) is 0.333. The van der Waals surface area contributed by atoms with Crippen LogP contribution in [-0.4, -0.2) is 53.4 Å². The lowest BCUT2D eigenvalue weighted by Gasteiger charge is -2.31. The first-order valence-electron chi connectivity index (χ1n) is 10.5. The van der Waals surface area contributed by atoms with Crippen LogP contribution in [0.1, 0.15) is 33.4 Å². The molecule has 2 heterocycles. The van der Waals surface area contributed by atoms with Crippen LogP contribution in [0.25, 0.3) is 5.69 Å². The third kappa shape index (κ3) is 4.98. The van der Waals surface area contributed by atoms with Crippen LogP contribution in [0, 0.1) is 13.8 Å². The van der Waals surface area contributed by atoms with Gasteiger partial charge in [-0.2, -0.15) is 5.10 Å². The summed E-state index contributed by atoms with van der Waals surface area (Å²) in [5, 5.41) is 8.35. The van der Waals surface area contributed by atoms with E-state index in [9.17, 15) is 4.79 Å². The summed E-state index contributed by atoms with van der Waals surface area (Å²) < 4.78 is 7.25. The van der Waals surface area contributed by atoms with Crippen LogP contribution in [0.15, 0.2) is 54.6 Å². The molecule has 1 atom stereocenters. The number of carbonyl (C=O) groups is 1. The Morgan fingerprint density at radius 3 is 2.39 bits per heavy atom. The van der Waals surface area contributed by atoms with Gasteiger partial charge in [0, 0.05) is 25.2 Å². The van der Waals surface area contributed by atoms with Crippen molar-refractivity contribution in [2.24, 2.45) is 0 Å². The SMILES string of the molecule is Cc1nn(-c2ccc(C(=O)NC(CN3CCOCC3)c3ccccc3)cc2)c(C)c1Cl. The maximum Gasteiger partial charge on any atom is 0.251 e. The highest BCUT2D eigenvalue weighted by atomic mass is 35.5. The van der Waals surface area contributed by atoms with E-state index >= 15 is 0 Å². The highest BCUT2D eigenvalue weighted by Gasteiger charge is 2.21. The molecule has 1 aliphatic heterocycles. The number of nitrogens with zero attached hydrogens (tertiary/aromatic N) is 3. The lowest BCUT2D eigenvalue weighted by molar-refractivity contribution is 0.0332. The van der Waals surface area contributed by atoms with Gasteiger partial charge in [0.2, 0.25) is 0 Å². The molecule has 1 aromatic heterocycles. The monoisotopic (exact) mass is 438 g/mol. The second-order valence-corrected chi connectivity index (χ2v) is 8.17. The van der Waals surface area contributed by atoms with Crippen molar-refractivity contribution >= 4 is 17.5 Å². The Balaban J connectivity index is 1.50. The molecule has 6 nitrogen and oxygen atoms in total. The normalized spacial score (nSPS) is 15.6. The Labute approximate surface area is 187 Å². The molecule has 1 unspecified atom stereocenters. The highest BCUT2D eigenvalue weighted by molar-refractivity contribution is 6.31. The van der Waals surface area contributed by atoms with E-state index in [-0.39, 0.29) is 11.9 Å². The van der Waals surface area contributed by atoms with Gasteiger partial charge in [-0.1, -0.05) is 41.9 Å². The van der Waals surface area contributed by atoms with Gasteiger partial charge >= 0.3 is 0 Å². The molecule has 3 aromatic rings. The van der Waals surface area contributed by atoms with E-state index in [4.69, 9.17) is 16.3 Å². The molecule has 0 bridgehead atoms. The van der Waals surface area contributed by atoms with Crippen molar-refractivity contribution in [2.45, 2.75) is 19.9 Å². The Bertz CT molecular complexity index is 1030. The fourth-order valence-corrected chi connectivity index (χ4v) is 3.95. The summed E-state index contributed by atoms with van der Waals surface area (Å²) in [5.74, 6) is -0.0972. The van der Waals surface area contributed by atoms with Gasteiger partial charge in [0.25, 0.3) is 5.91 Å². The summed E-state index contributed by atoms with van der Waals surface area (Å²) >= 11 is 6.27. The second-order valence-electron chi connectivity index (χ2n) is 7.79. The minimum atomic E-state index is -0.0972. The smallest absolute Gasteiger partial charge is 0.251 e. The van der Waals surface area contributed by atoms with Crippen molar-refractivity contribution < 1.29 is 9.53 Å². The van der Waals surface area contributed by atoms with Gasteiger partial charge in [-0.3, -0.25) is 9.69 Å². The van der Waals surface area contributed by atoms with Gasteiger partial charge < -0.3 is 10.1 Å². The van der Waals surface area contributed by atoms with Crippen molar-refractivity contribution in [1.82, 2.24) is 20.0 Å². The van der Waals surface area contributed by atoms with Crippen molar-refractivity contribution in [3.63, 3.8) is 0 Å². The second kappa shape index (κ2) is 9.64. The van der Waals surface area contributed by atoms with E-state index in [0.717, 1.165) is 55.5 Å². The van der Waals surface area contributed by atoms with E-state index in [1.54, 1.807) is 4.68 Å². The molecular formula is C24H27ClN4O2. The maximum atomic E-state index is 13.0. The summed E-state index contributed by atoms with van der Waals surface area (Å²) in [6.07, 6.45) is 0. The predicted octanol–water partition coefficient (Wildman–Crippen LogP) is 3.95. The topological polar surface area (TPSA) is 59.4 Å². The van der Waals surface area contributed by atoms with Gasteiger partial charge in [0.1, 0.15) is 0 Å². The Morgan fingerprint density at radius 1 is 1.10 bits per heavy atom. The van der Waals surface area contributed by atoms with Crippen molar-refractivity contribution in [2.75, 3.05) is 32.8 Å². The first-order chi connectivity index (χ1) is 15.0. The molecule has 4 rings (SSSR count). The summed E-state index contributed by atoms with van der Waals surface area (Å²) in [4.78, 5) is 15.4. The summed E-state index contributed by atoms with van der Waals surface area (Å²) in [5.41, 5.74) is 4.24. The van der Waals surface area contributed by atoms with Crippen LogP contribution in [0.2, 0.25) is 5.02 Å². The summed E-state index contributed by atoms with van der Waals surface area (Å²) in [7, 11) is 0. The van der Waals surface area contributed by atoms with Crippen LogP contribution in [-0.2, 0) is 4.74 Å². The maximum absolute atomic E-state index is 13.0. The number of amides is 1. The molecule has 0 saturated carbocycles. The Kier molecular flexibility index (Phi) is 6.70. The number of halogens is 1. The number of aromatic nitrogens is 2. The van der Waals surface area contributed by atoms with Crippen LogP contribution in [0.3, 0.4) is 0 Å². The molecule has 2 aromatic carbocycles. The van der Waals surface area contributed by atoms with Gasteiger partial charge in [0.15, 0.2) is 0 Å². The van der Waals surface area contributed by atoms with Crippen LogP contribution in [0.5, 0.6) is 0 Å². The lowest BCUT2D eigenvalue weighted by atomic mass is 10.1. The minimum Gasteiger partial charge on any atom is -0.379 e. The molecule has 1 fully saturated rings. The van der Waals surface area contributed by atoms with Crippen molar-refractivity contribution in [1.29, 1.82) is 0 Å². The van der Waals surface area contributed by atoms with E-state index < -0.39 is 0 Å². The number of morpholine rings is 1. The van der Waals surface area contributed by atoms with Crippen LogP contribution >= 0.6 is 11.6 Å². The van der Waals surface area contributed by atoms with Crippen molar-refractivity contribution in [3.05, 3.63) is 82.1 Å². The number of rotatable bonds is 6. The molecule has 162 valence electrons. The molecular weight excluding hydrogens is 412 g/mol.